The zero-order valence-corrected chi connectivity index (χ0v) is 8.53. The number of nitrogens with zero attached hydrogens (tertiary/aromatic N) is 2. The second-order valence-electron chi connectivity index (χ2n) is 2.96. The highest BCUT2D eigenvalue weighted by Crippen LogP contribution is 2.12. The molecule has 1 aromatic rings. The number of terminal acetylenes is 1. The van der Waals surface area contributed by atoms with Crippen LogP contribution in [0.1, 0.15) is 21.7 Å². The third kappa shape index (κ3) is 2.44. The lowest BCUT2D eigenvalue weighted by molar-refractivity contribution is 0.0694. The number of hydrogen-bond donors (Lipinski definition) is 2. The summed E-state index contributed by atoms with van der Waals surface area (Å²) in [6, 6.07) is 0. The van der Waals surface area contributed by atoms with Crippen LogP contribution in [0.5, 0.6) is 0 Å². The molecule has 0 aromatic carbocycles. The molecular weight excluding hydrogens is 194 g/mol. The molecule has 0 amide bonds. The van der Waals surface area contributed by atoms with Gasteiger partial charge in [-0.1, -0.05) is 5.92 Å². The van der Waals surface area contributed by atoms with Gasteiger partial charge >= 0.3 is 5.97 Å². The fourth-order valence-electron chi connectivity index (χ4n) is 1.23. The van der Waals surface area contributed by atoms with E-state index in [0.29, 0.717) is 23.9 Å². The monoisotopic (exact) mass is 205 g/mol. The van der Waals surface area contributed by atoms with Crippen LogP contribution in [0.25, 0.3) is 0 Å². The zero-order valence-electron chi connectivity index (χ0n) is 8.53. The Kier molecular flexibility index (Phi) is 3.24. The highest BCUT2D eigenvalue weighted by molar-refractivity contribution is 5.90. The Hall–Kier alpha value is -2.09. The number of hydrogen-bond acceptors (Lipinski definition) is 4. The maximum absolute atomic E-state index is 10.8. The lowest BCUT2D eigenvalue weighted by Gasteiger charge is -2.07. The number of carbonyl (C=O) groups is 1. The molecule has 0 aliphatic rings. The van der Waals surface area contributed by atoms with Gasteiger partial charge in [0.15, 0.2) is 0 Å². The number of aryl methyl sites for hydroxylation is 2. The van der Waals surface area contributed by atoms with Crippen LogP contribution < -0.4 is 5.32 Å². The van der Waals surface area contributed by atoms with Gasteiger partial charge in [-0.05, 0) is 13.8 Å². The lowest BCUT2D eigenvalue weighted by atomic mass is 10.2. The van der Waals surface area contributed by atoms with Crippen LogP contribution in [-0.4, -0.2) is 27.6 Å². The molecule has 1 aromatic heterocycles. The summed E-state index contributed by atoms with van der Waals surface area (Å²) in [7, 11) is 0. The molecule has 0 saturated carbocycles. The lowest BCUT2D eigenvalue weighted by Crippen LogP contribution is -2.11. The van der Waals surface area contributed by atoms with Crippen molar-refractivity contribution in [2.75, 3.05) is 11.9 Å². The summed E-state index contributed by atoms with van der Waals surface area (Å²) in [6.07, 6.45) is 5.07. The van der Waals surface area contributed by atoms with Gasteiger partial charge in [-0.15, -0.1) is 6.42 Å². The second kappa shape index (κ2) is 4.42. The van der Waals surface area contributed by atoms with Crippen LogP contribution >= 0.6 is 0 Å². The molecule has 0 unspecified atom stereocenters. The van der Waals surface area contributed by atoms with Crippen LogP contribution in [0, 0.1) is 26.2 Å². The number of carboxylic acid groups (broad SMARTS) is 1. The fourth-order valence-corrected chi connectivity index (χ4v) is 1.23. The standard InChI is InChI=1S/C10H11N3O2/c1-4-5-11-10-12-6(2)8(9(14)15)7(3)13-10/h1H,5H2,2-3H3,(H,14,15)(H,11,12,13). The Morgan fingerprint density at radius 2 is 2.00 bits per heavy atom. The Labute approximate surface area is 87.6 Å². The van der Waals surface area contributed by atoms with Crippen molar-refractivity contribution in [3.8, 4) is 12.3 Å². The normalized spacial score (nSPS) is 9.40. The number of rotatable bonds is 3. The van der Waals surface area contributed by atoms with E-state index < -0.39 is 5.97 Å². The summed E-state index contributed by atoms with van der Waals surface area (Å²) >= 11 is 0. The van der Waals surface area contributed by atoms with Crippen LogP contribution in [0.15, 0.2) is 0 Å². The molecule has 0 aliphatic carbocycles. The van der Waals surface area contributed by atoms with E-state index in [1.165, 1.54) is 0 Å². The highest BCUT2D eigenvalue weighted by Gasteiger charge is 2.14. The quantitative estimate of drug-likeness (QED) is 0.715. The van der Waals surface area contributed by atoms with E-state index >= 15 is 0 Å². The molecule has 2 N–H and O–H groups in total. The molecule has 0 atom stereocenters. The van der Waals surface area contributed by atoms with Crippen molar-refractivity contribution in [3.63, 3.8) is 0 Å². The SMILES string of the molecule is C#CCNc1nc(C)c(C(=O)O)c(C)n1. The Bertz CT molecular complexity index is 412. The van der Waals surface area contributed by atoms with Gasteiger partial charge in [0.25, 0.3) is 0 Å². The van der Waals surface area contributed by atoms with E-state index in [-0.39, 0.29) is 5.56 Å². The molecule has 15 heavy (non-hydrogen) atoms. The van der Waals surface area contributed by atoms with Crippen LogP contribution in [0.3, 0.4) is 0 Å². The van der Waals surface area contributed by atoms with Gasteiger partial charge in [0.1, 0.15) is 5.56 Å². The highest BCUT2D eigenvalue weighted by atomic mass is 16.4. The average molecular weight is 205 g/mol. The molecule has 0 fully saturated rings. The smallest absolute Gasteiger partial charge is 0.339 e. The van der Waals surface area contributed by atoms with Crippen molar-refractivity contribution >= 4 is 11.9 Å². The molecule has 0 spiro atoms. The third-order valence-corrected chi connectivity index (χ3v) is 1.83. The topological polar surface area (TPSA) is 75.1 Å². The molecule has 0 aliphatic heterocycles. The molecule has 0 radical (unpaired) electrons. The number of anilines is 1. The van der Waals surface area contributed by atoms with Gasteiger partial charge in [-0.2, -0.15) is 0 Å². The zero-order chi connectivity index (χ0) is 11.4. The Morgan fingerprint density at radius 1 is 1.47 bits per heavy atom. The van der Waals surface area contributed by atoms with E-state index in [0.717, 1.165) is 0 Å². The van der Waals surface area contributed by atoms with Crippen molar-refractivity contribution < 1.29 is 9.90 Å². The molecule has 5 heteroatoms. The van der Waals surface area contributed by atoms with Gasteiger partial charge in [0.05, 0.1) is 17.9 Å². The molecule has 78 valence electrons. The average Bonchev–Trinajstić information content (AvgIpc) is 2.12. The summed E-state index contributed by atoms with van der Waals surface area (Å²) < 4.78 is 0. The van der Waals surface area contributed by atoms with Crippen LogP contribution in [0.2, 0.25) is 0 Å². The summed E-state index contributed by atoms with van der Waals surface area (Å²) in [5.41, 5.74) is 0.991. The number of aromatic carboxylic acids is 1. The predicted molar refractivity (Wildman–Crippen MR) is 55.8 cm³/mol. The number of carboxylic acids is 1. The first-order valence-electron chi connectivity index (χ1n) is 4.32. The van der Waals surface area contributed by atoms with E-state index in [1.54, 1.807) is 13.8 Å². The summed E-state index contributed by atoms with van der Waals surface area (Å²) in [5, 5.41) is 11.7. The molecule has 0 saturated heterocycles. The second-order valence-corrected chi connectivity index (χ2v) is 2.96. The van der Waals surface area contributed by atoms with Gasteiger partial charge in [0.2, 0.25) is 5.95 Å². The molecule has 0 bridgehead atoms. The summed E-state index contributed by atoms with van der Waals surface area (Å²) in [4.78, 5) is 18.8. The molecule has 5 nitrogen and oxygen atoms in total. The molecular formula is C10H11N3O2. The van der Waals surface area contributed by atoms with E-state index in [1.807, 2.05) is 0 Å². The predicted octanol–water partition coefficient (Wildman–Crippen LogP) is 0.837. The number of aromatic nitrogens is 2. The van der Waals surface area contributed by atoms with Gasteiger partial charge in [-0.25, -0.2) is 14.8 Å². The molecule has 1 rings (SSSR count). The van der Waals surface area contributed by atoms with Crippen molar-refractivity contribution in [2.24, 2.45) is 0 Å². The maximum atomic E-state index is 10.8. The van der Waals surface area contributed by atoms with E-state index in [9.17, 15) is 4.79 Å². The van der Waals surface area contributed by atoms with Crippen molar-refractivity contribution in [1.29, 1.82) is 0 Å². The van der Waals surface area contributed by atoms with E-state index in [2.05, 4.69) is 21.2 Å². The minimum atomic E-state index is -1.02. The third-order valence-electron chi connectivity index (χ3n) is 1.83. The largest absolute Gasteiger partial charge is 0.478 e. The Balaban J connectivity index is 3.09. The van der Waals surface area contributed by atoms with Crippen molar-refractivity contribution in [2.45, 2.75) is 13.8 Å². The Morgan fingerprint density at radius 3 is 2.40 bits per heavy atom. The molecule has 1 heterocycles. The first kappa shape index (κ1) is 11.0. The van der Waals surface area contributed by atoms with Crippen molar-refractivity contribution in [3.05, 3.63) is 17.0 Å². The number of nitrogens with one attached hydrogen (secondary N) is 1. The van der Waals surface area contributed by atoms with Crippen molar-refractivity contribution in [1.82, 2.24) is 9.97 Å². The first-order chi connectivity index (χ1) is 7.06. The van der Waals surface area contributed by atoms with Crippen LogP contribution in [-0.2, 0) is 0 Å². The van der Waals surface area contributed by atoms with Gasteiger partial charge in [0, 0.05) is 0 Å². The minimum Gasteiger partial charge on any atom is -0.478 e. The van der Waals surface area contributed by atoms with Crippen LogP contribution in [0.4, 0.5) is 5.95 Å². The summed E-state index contributed by atoms with van der Waals surface area (Å²) in [6.45, 7) is 3.56. The summed E-state index contributed by atoms with van der Waals surface area (Å²) in [5.74, 6) is 1.72. The maximum Gasteiger partial charge on any atom is 0.339 e. The first-order valence-corrected chi connectivity index (χ1v) is 4.32. The van der Waals surface area contributed by atoms with Gasteiger partial charge < -0.3 is 10.4 Å². The van der Waals surface area contributed by atoms with Gasteiger partial charge in [-0.3, -0.25) is 0 Å². The van der Waals surface area contributed by atoms with E-state index in [4.69, 9.17) is 11.5 Å². The minimum absolute atomic E-state index is 0.140. The fraction of sp³-hybridized carbons (Fsp3) is 0.300.